The first-order valence-corrected chi connectivity index (χ1v) is 9.10. The van der Waals surface area contributed by atoms with Gasteiger partial charge in [0.05, 0.1) is 6.04 Å². The monoisotopic (exact) mass is 348 g/mol. The molecule has 1 heterocycles. The van der Waals surface area contributed by atoms with Gasteiger partial charge in [-0.1, -0.05) is 19.3 Å². The third-order valence-electron chi connectivity index (χ3n) is 5.23. The number of benzene rings is 1. The van der Waals surface area contributed by atoms with Gasteiger partial charge < -0.3 is 10.4 Å². The molecule has 1 saturated carbocycles. The van der Waals surface area contributed by atoms with Gasteiger partial charge in [-0.05, 0) is 49.9 Å². The van der Waals surface area contributed by atoms with Gasteiger partial charge in [0, 0.05) is 18.2 Å². The Kier molecular flexibility index (Phi) is 5.81. The van der Waals surface area contributed by atoms with Gasteiger partial charge in [0.15, 0.2) is 12.0 Å². The molecule has 5 nitrogen and oxygen atoms in total. The summed E-state index contributed by atoms with van der Waals surface area (Å²) in [6, 6.07) is 4.96. The summed E-state index contributed by atoms with van der Waals surface area (Å²) in [4.78, 5) is 26.6. The molecule has 1 aliphatic carbocycles. The van der Waals surface area contributed by atoms with Gasteiger partial charge in [-0.2, -0.15) is 0 Å². The second kappa shape index (κ2) is 8.06. The van der Waals surface area contributed by atoms with E-state index < -0.39 is 24.0 Å². The van der Waals surface area contributed by atoms with Crippen molar-refractivity contribution in [2.45, 2.75) is 63.3 Å². The van der Waals surface area contributed by atoms with Crippen LogP contribution in [0.4, 0.5) is 4.39 Å². The average molecular weight is 348 g/mol. The number of likely N-dealkylation sites (tertiary alicyclic amines) is 1. The Labute approximate surface area is 147 Å². The minimum Gasteiger partial charge on any atom is -0.370 e. The molecule has 2 atom stereocenters. The van der Waals surface area contributed by atoms with Crippen molar-refractivity contribution in [2.24, 2.45) is 0 Å². The summed E-state index contributed by atoms with van der Waals surface area (Å²) in [6.45, 7) is 0.497. The van der Waals surface area contributed by atoms with E-state index >= 15 is 0 Å². The second-order valence-electron chi connectivity index (χ2n) is 6.98. The third kappa shape index (κ3) is 4.25. The summed E-state index contributed by atoms with van der Waals surface area (Å²) in [5, 5.41) is 13.4. The first-order chi connectivity index (χ1) is 12.1. The van der Waals surface area contributed by atoms with Crippen molar-refractivity contribution >= 4 is 11.7 Å². The van der Waals surface area contributed by atoms with Crippen molar-refractivity contribution in [2.75, 3.05) is 6.54 Å². The summed E-state index contributed by atoms with van der Waals surface area (Å²) in [7, 11) is 0. The maximum Gasteiger partial charge on any atom is 0.264 e. The molecule has 0 aromatic heterocycles. The lowest BCUT2D eigenvalue weighted by molar-refractivity contribution is -0.140. The zero-order valence-electron chi connectivity index (χ0n) is 14.3. The highest BCUT2D eigenvalue weighted by atomic mass is 19.1. The molecule has 1 amide bonds. The molecule has 2 N–H and O–H groups in total. The Bertz CT molecular complexity index is 614. The highest BCUT2D eigenvalue weighted by Crippen LogP contribution is 2.24. The van der Waals surface area contributed by atoms with Crippen molar-refractivity contribution in [3.8, 4) is 0 Å². The van der Waals surface area contributed by atoms with E-state index in [1.807, 2.05) is 0 Å². The van der Waals surface area contributed by atoms with Crippen molar-refractivity contribution in [3.63, 3.8) is 0 Å². The van der Waals surface area contributed by atoms with E-state index in [0.29, 0.717) is 18.5 Å². The van der Waals surface area contributed by atoms with Crippen molar-refractivity contribution in [3.05, 3.63) is 35.6 Å². The van der Waals surface area contributed by atoms with Gasteiger partial charge in [-0.25, -0.2) is 4.39 Å². The Morgan fingerprint density at radius 3 is 2.44 bits per heavy atom. The lowest BCUT2D eigenvalue weighted by Gasteiger charge is -2.30. The summed E-state index contributed by atoms with van der Waals surface area (Å²) in [5.74, 6) is -1.00. The smallest absolute Gasteiger partial charge is 0.264 e. The number of rotatable bonds is 5. The molecule has 1 aromatic rings. The molecule has 136 valence electrons. The Morgan fingerprint density at radius 2 is 1.76 bits per heavy atom. The average Bonchev–Trinajstić information content (AvgIpc) is 3.11. The minimum atomic E-state index is -1.32. The lowest BCUT2D eigenvalue weighted by atomic mass is 9.95. The van der Waals surface area contributed by atoms with Crippen LogP contribution < -0.4 is 5.32 Å². The Hall–Kier alpha value is -1.79. The van der Waals surface area contributed by atoms with E-state index in [-0.39, 0.29) is 11.8 Å². The summed E-state index contributed by atoms with van der Waals surface area (Å²) >= 11 is 0. The first-order valence-electron chi connectivity index (χ1n) is 9.10. The van der Waals surface area contributed by atoms with Gasteiger partial charge in [0.1, 0.15) is 5.82 Å². The zero-order valence-corrected chi connectivity index (χ0v) is 14.3. The molecule has 0 radical (unpaired) electrons. The van der Waals surface area contributed by atoms with E-state index in [2.05, 4.69) is 5.32 Å². The van der Waals surface area contributed by atoms with Gasteiger partial charge in [0.2, 0.25) is 0 Å². The maximum absolute atomic E-state index is 13.0. The first kappa shape index (κ1) is 18.0. The quantitative estimate of drug-likeness (QED) is 0.801. The van der Waals surface area contributed by atoms with E-state index in [1.54, 1.807) is 4.90 Å². The van der Waals surface area contributed by atoms with E-state index in [0.717, 1.165) is 32.1 Å². The van der Waals surface area contributed by atoms with Crippen LogP contribution in [0.25, 0.3) is 0 Å². The van der Waals surface area contributed by atoms with E-state index in [4.69, 9.17) is 0 Å². The maximum atomic E-state index is 13.0. The standard InChI is InChI=1S/C19H25FN2O3/c20-14-10-8-13(9-11-14)17(23)16-7-4-12-22(16)19(25)18(24)21-15-5-2-1-3-6-15/h8-11,15-16,19,25H,1-7,12H2,(H,21,24). The van der Waals surface area contributed by atoms with Crippen LogP contribution in [-0.4, -0.2) is 46.6 Å². The number of nitrogens with one attached hydrogen (secondary N) is 1. The Morgan fingerprint density at radius 1 is 1.08 bits per heavy atom. The molecule has 2 unspecified atom stereocenters. The number of hydrogen-bond acceptors (Lipinski definition) is 4. The molecule has 0 spiro atoms. The minimum absolute atomic E-state index is 0.116. The fourth-order valence-corrected chi connectivity index (χ4v) is 3.84. The second-order valence-corrected chi connectivity index (χ2v) is 6.98. The number of aliphatic hydroxyl groups excluding tert-OH is 1. The highest BCUT2D eigenvalue weighted by Gasteiger charge is 2.38. The number of carbonyl (C=O) groups is 2. The highest BCUT2D eigenvalue weighted by molar-refractivity contribution is 6.00. The lowest BCUT2D eigenvalue weighted by Crippen LogP contribution is -2.53. The van der Waals surface area contributed by atoms with Crippen LogP contribution in [-0.2, 0) is 4.79 Å². The van der Waals surface area contributed by atoms with Crippen LogP contribution in [0, 0.1) is 5.82 Å². The number of amides is 1. The molecule has 0 bridgehead atoms. The zero-order chi connectivity index (χ0) is 17.8. The molecule has 2 fully saturated rings. The number of hydrogen-bond donors (Lipinski definition) is 2. The molecular formula is C19H25FN2O3. The molecule has 25 heavy (non-hydrogen) atoms. The molecule has 3 rings (SSSR count). The van der Waals surface area contributed by atoms with Gasteiger partial charge >= 0.3 is 0 Å². The topological polar surface area (TPSA) is 69.6 Å². The van der Waals surface area contributed by atoms with E-state index in [9.17, 15) is 19.1 Å². The van der Waals surface area contributed by atoms with Crippen LogP contribution in [0.5, 0.6) is 0 Å². The Balaban J connectivity index is 1.64. The normalized spacial score (nSPS) is 23.4. The molecule has 2 aliphatic rings. The number of ketones is 1. The van der Waals surface area contributed by atoms with Crippen LogP contribution in [0.1, 0.15) is 55.3 Å². The third-order valence-corrected chi connectivity index (χ3v) is 5.23. The number of halogens is 1. The van der Waals surface area contributed by atoms with Crippen molar-refractivity contribution < 1.29 is 19.1 Å². The molecule has 1 aromatic carbocycles. The molecule has 1 saturated heterocycles. The SMILES string of the molecule is O=C(NC1CCCCC1)C(O)N1CCCC1C(=O)c1ccc(F)cc1. The fraction of sp³-hybridized carbons (Fsp3) is 0.579. The van der Waals surface area contributed by atoms with Crippen LogP contribution >= 0.6 is 0 Å². The molecular weight excluding hydrogens is 323 g/mol. The largest absolute Gasteiger partial charge is 0.370 e. The summed E-state index contributed by atoms with van der Waals surface area (Å²) in [6.07, 6.45) is 5.27. The van der Waals surface area contributed by atoms with Crippen LogP contribution in [0.15, 0.2) is 24.3 Å². The summed E-state index contributed by atoms with van der Waals surface area (Å²) < 4.78 is 13.0. The fourth-order valence-electron chi connectivity index (χ4n) is 3.84. The molecule has 6 heteroatoms. The summed E-state index contributed by atoms with van der Waals surface area (Å²) in [5.41, 5.74) is 0.401. The van der Waals surface area contributed by atoms with Crippen molar-refractivity contribution in [1.29, 1.82) is 0 Å². The van der Waals surface area contributed by atoms with Crippen molar-refractivity contribution in [1.82, 2.24) is 10.2 Å². The van der Waals surface area contributed by atoms with Gasteiger partial charge in [-0.15, -0.1) is 0 Å². The van der Waals surface area contributed by atoms with Gasteiger partial charge in [-0.3, -0.25) is 14.5 Å². The van der Waals surface area contributed by atoms with E-state index in [1.165, 1.54) is 30.7 Å². The van der Waals surface area contributed by atoms with Crippen LogP contribution in [0.3, 0.4) is 0 Å². The predicted octanol–water partition coefficient (Wildman–Crippen LogP) is 2.24. The van der Waals surface area contributed by atoms with Crippen LogP contribution in [0.2, 0.25) is 0 Å². The van der Waals surface area contributed by atoms with Gasteiger partial charge in [0.25, 0.3) is 5.91 Å². The molecule has 1 aliphatic heterocycles. The number of carbonyl (C=O) groups excluding carboxylic acids is 2. The number of Topliss-reactive ketones (excluding diaryl/α,β-unsaturated/α-hetero) is 1. The predicted molar refractivity (Wildman–Crippen MR) is 91.5 cm³/mol. The number of nitrogens with zero attached hydrogens (tertiary/aromatic N) is 1. The number of aliphatic hydroxyl groups is 1.